The third-order valence-corrected chi connectivity index (χ3v) is 14.8. The van der Waals surface area contributed by atoms with Gasteiger partial charge in [-0.05, 0) is 177 Å². The van der Waals surface area contributed by atoms with Gasteiger partial charge in [0.05, 0.1) is 22.1 Å². The Morgan fingerprint density at radius 2 is 0.533 bits per heavy atom. The Morgan fingerprint density at radius 3 is 1.01 bits per heavy atom. The van der Waals surface area contributed by atoms with Gasteiger partial charge in [-0.25, -0.2) is 0 Å². The highest BCUT2D eigenvalue weighted by Crippen LogP contribution is 2.43. The second-order valence-corrected chi connectivity index (χ2v) is 19.4. The molecule has 0 N–H and O–H groups in total. The maximum Gasteiger partial charge on any atom is 0.0541 e. The van der Waals surface area contributed by atoms with E-state index in [9.17, 15) is 0 Å². The number of para-hydroxylation sites is 5. The van der Waals surface area contributed by atoms with Gasteiger partial charge in [-0.3, -0.25) is 0 Å². The summed E-state index contributed by atoms with van der Waals surface area (Å²) in [5, 5.41) is 4.88. The predicted molar refractivity (Wildman–Crippen MR) is 317 cm³/mol. The van der Waals surface area contributed by atoms with Crippen LogP contribution in [0.15, 0.2) is 297 Å². The van der Waals surface area contributed by atoms with Crippen LogP contribution in [0.2, 0.25) is 0 Å². The molecule has 75 heavy (non-hydrogen) atoms. The van der Waals surface area contributed by atoms with Crippen LogP contribution in [0.25, 0.3) is 111 Å². The van der Waals surface area contributed by atoms with Gasteiger partial charge in [0.1, 0.15) is 0 Å². The van der Waals surface area contributed by atoms with E-state index in [2.05, 4.69) is 311 Å². The lowest BCUT2D eigenvalue weighted by Crippen LogP contribution is -2.09. The van der Waals surface area contributed by atoms with Crippen molar-refractivity contribution >= 4 is 60.7 Å². The quantitative estimate of drug-likeness (QED) is 0.133. The van der Waals surface area contributed by atoms with Gasteiger partial charge in [0.2, 0.25) is 0 Å². The molecule has 0 spiro atoms. The summed E-state index contributed by atoms with van der Waals surface area (Å²) in [5.74, 6) is 0. The van der Waals surface area contributed by atoms with Crippen LogP contribution >= 0.6 is 0 Å². The van der Waals surface area contributed by atoms with E-state index in [0.29, 0.717) is 0 Å². The zero-order valence-corrected chi connectivity index (χ0v) is 41.1. The molecule has 0 aliphatic carbocycles. The number of fused-ring (bicyclic) bond motifs is 6. The summed E-state index contributed by atoms with van der Waals surface area (Å²) in [7, 11) is 0. The molecule has 0 bridgehead atoms. The molecule has 0 unspecified atom stereocenters. The Labute approximate surface area is 436 Å². The van der Waals surface area contributed by atoms with Crippen molar-refractivity contribution in [2.75, 3.05) is 4.90 Å². The molecule has 0 fully saturated rings. The van der Waals surface area contributed by atoms with Crippen LogP contribution in [0.4, 0.5) is 17.1 Å². The van der Waals surface area contributed by atoms with Crippen molar-refractivity contribution in [2.45, 2.75) is 0 Å². The molecule has 12 aromatic carbocycles. The van der Waals surface area contributed by atoms with Crippen molar-refractivity contribution in [1.82, 2.24) is 9.13 Å². The van der Waals surface area contributed by atoms with Crippen LogP contribution < -0.4 is 4.90 Å². The van der Waals surface area contributed by atoms with Crippen molar-refractivity contribution in [2.24, 2.45) is 0 Å². The van der Waals surface area contributed by atoms with Gasteiger partial charge in [-0.1, -0.05) is 176 Å². The van der Waals surface area contributed by atoms with E-state index in [1.165, 1.54) is 60.3 Å². The Hall–Kier alpha value is -9.96. The average molecular weight is 956 g/mol. The van der Waals surface area contributed by atoms with Crippen LogP contribution in [0, 0.1) is 0 Å². The molecule has 14 aromatic rings. The van der Waals surface area contributed by atoms with Gasteiger partial charge in [-0.2, -0.15) is 0 Å². The maximum absolute atomic E-state index is 2.45. The monoisotopic (exact) mass is 955 g/mol. The summed E-state index contributed by atoms with van der Waals surface area (Å²) >= 11 is 0. The minimum absolute atomic E-state index is 1.09. The normalized spacial score (nSPS) is 11.5. The van der Waals surface area contributed by atoms with Gasteiger partial charge >= 0.3 is 0 Å². The summed E-state index contributed by atoms with van der Waals surface area (Å²) in [6.07, 6.45) is 0. The number of hydrogen-bond donors (Lipinski definition) is 0. The van der Waals surface area contributed by atoms with E-state index in [-0.39, 0.29) is 0 Å². The fourth-order valence-electron chi connectivity index (χ4n) is 11.3. The summed E-state index contributed by atoms with van der Waals surface area (Å²) in [4.78, 5) is 2.34. The predicted octanol–water partition coefficient (Wildman–Crippen LogP) is 19.7. The molecule has 0 saturated heterocycles. The fourth-order valence-corrected chi connectivity index (χ4v) is 11.3. The Kier molecular flexibility index (Phi) is 10.8. The highest BCUT2D eigenvalue weighted by Gasteiger charge is 2.19. The molecule has 3 nitrogen and oxygen atoms in total. The fraction of sp³-hybridized carbons (Fsp3) is 0. The first-order valence-electron chi connectivity index (χ1n) is 25.7. The van der Waals surface area contributed by atoms with Gasteiger partial charge in [0.15, 0.2) is 0 Å². The lowest BCUT2D eigenvalue weighted by molar-refractivity contribution is 1.18. The van der Waals surface area contributed by atoms with Gasteiger partial charge in [-0.15, -0.1) is 0 Å². The van der Waals surface area contributed by atoms with Gasteiger partial charge in [0, 0.05) is 50.0 Å². The molecule has 0 atom stereocenters. The molecule has 0 aliphatic rings. The van der Waals surface area contributed by atoms with Crippen molar-refractivity contribution in [3.63, 3.8) is 0 Å². The maximum atomic E-state index is 2.45. The molecule has 0 radical (unpaired) electrons. The van der Waals surface area contributed by atoms with Crippen LogP contribution in [0.3, 0.4) is 0 Å². The molecule has 352 valence electrons. The van der Waals surface area contributed by atoms with Crippen LogP contribution in [-0.4, -0.2) is 9.13 Å². The SMILES string of the molecule is c1ccc(-c2cc(-c3ccccc3)cc(-n3c4ccccc4c4cc(-c5cc(-c6cccc(N(c7ccccc7)c7ccccc7)c6)cc(-c6ccc7c(c6)c6ccccc6n7-c6ccccc6)c5)ccc43)c2)cc1. The second kappa shape index (κ2) is 18.6. The van der Waals surface area contributed by atoms with Crippen LogP contribution in [0.1, 0.15) is 0 Å². The molecular weight excluding hydrogens is 907 g/mol. The first kappa shape index (κ1) is 43.8. The highest BCUT2D eigenvalue weighted by atomic mass is 15.1. The number of anilines is 3. The minimum Gasteiger partial charge on any atom is -0.310 e. The van der Waals surface area contributed by atoms with Gasteiger partial charge in [0.25, 0.3) is 0 Å². The van der Waals surface area contributed by atoms with E-state index in [4.69, 9.17) is 0 Å². The summed E-state index contributed by atoms with van der Waals surface area (Å²) in [5.41, 5.74) is 21.9. The lowest BCUT2D eigenvalue weighted by Gasteiger charge is -2.26. The Morgan fingerprint density at radius 1 is 0.187 bits per heavy atom. The van der Waals surface area contributed by atoms with E-state index in [1.807, 2.05) is 0 Å². The van der Waals surface area contributed by atoms with E-state index in [1.54, 1.807) is 0 Å². The van der Waals surface area contributed by atoms with E-state index < -0.39 is 0 Å². The third kappa shape index (κ3) is 7.95. The summed E-state index contributed by atoms with van der Waals surface area (Å²) in [6, 6.07) is 108. The number of nitrogens with zero attached hydrogens (tertiary/aromatic N) is 3. The summed E-state index contributed by atoms with van der Waals surface area (Å²) < 4.78 is 4.84. The zero-order valence-electron chi connectivity index (χ0n) is 41.1. The second-order valence-electron chi connectivity index (χ2n) is 19.4. The first-order chi connectivity index (χ1) is 37.2. The Balaban J connectivity index is 0.964. The number of aromatic nitrogens is 2. The molecule has 2 heterocycles. The first-order valence-corrected chi connectivity index (χ1v) is 25.7. The molecule has 0 saturated carbocycles. The van der Waals surface area contributed by atoms with E-state index in [0.717, 1.165) is 67.3 Å². The average Bonchev–Trinajstić information content (AvgIpc) is 4.01. The van der Waals surface area contributed by atoms with Crippen molar-refractivity contribution in [1.29, 1.82) is 0 Å². The van der Waals surface area contributed by atoms with Crippen molar-refractivity contribution in [3.05, 3.63) is 297 Å². The van der Waals surface area contributed by atoms with Crippen LogP contribution in [-0.2, 0) is 0 Å². The molecule has 0 aliphatic heterocycles. The third-order valence-electron chi connectivity index (χ3n) is 14.8. The molecule has 3 heteroatoms. The Bertz CT molecular complexity index is 4290. The van der Waals surface area contributed by atoms with Crippen molar-refractivity contribution in [3.8, 4) is 67.0 Å². The lowest BCUT2D eigenvalue weighted by atomic mass is 9.92. The number of benzene rings is 12. The molecule has 2 aromatic heterocycles. The minimum atomic E-state index is 1.09. The van der Waals surface area contributed by atoms with Crippen molar-refractivity contribution < 1.29 is 0 Å². The smallest absolute Gasteiger partial charge is 0.0541 e. The molecule has 14 rings (SSSR count). The number of hydrogen-bond acceptors (Lipinski definition) is 1. The standard InChI is InChI=1S/C72H49N3/c1-6-21-50(22-7-1)58-44-59(51-23-8-2-9-24-51)47-64(46-58)75-70-36-19-17-34-66(70)68-49-54(38-40-72(68)75)57-42-55(52-25-20-32-63(45-52)73(60-26-10-3-11-27-60)61-28-12-4-13-29-61)41-56(43-57)53-37-39-71-67(48-53)65-33-16-18-35-69(65)74(71)62-30-14-5-15-31-62/h1-49H. The van der Waals surface area contributed by atoms with Gasteiger partial charge < -0.3 is 14.0 Å². The molecular formula is C72H49N3. The van der Waals surface area contributed by atoms with Crippen LogP contribution in [0.5, 0.6) is 0 Å². The summed E-state index contributed by atoms with van der Waals surface area (Å²) in [6.45, 7) is 0. The zero-order chi connectivity index (χ0) is 49.7. The largest absolute Gasteiger partial charge is 0.310 e. The highest BCUT2D eigenvalue weighted by molar-refractivity contribution is 6.12. The van der Waals surface area contributed by atoms with E-state index >= 15 is 0 Å². The number of rotatable bonds is 10. The molecule has 0 amide bonds. The topological polar surface area (TPSA) is 13.1 Å².